The van der Waals surface area contributed by atoms with Crippen LogP contribution in [-0.4, -0.2) is 31.4 Å². The normalized spacial score (nSPS) is 16.2. The molecule has 1 atom stereocenters. The standard InChI is InChI=1S/C11H10N2O3S.C5H8N2O2/c12-17(14,15)11-3-1-9(2-4-11)16-10-5-7-13-8-6-10;1-2-3-4(8)7-5(9)6-3/h1-8H,(H2,12,14,15);3H,2H2,1H3,(H2,6,7,8,9)/t;3-/m.0/s1. The summed E-state index contributed by atoms with van der Waals surface area (Å²) in [5.41, 5.74) is 0. The molecule has 1 aliphatic heterocycles. The van der Waals surface area contributed by atoms with Crippen LogP contribution in [0.4, 0.5) is 4.79 Å². The summed E-state index contributed by atoms with van der Waals surface area (Å²) in [7, 11) is -3.66. The quantitative estimate of drug-likeness (QED) is 0.681. The third kappa shape index (κ3) is 5.53. The Morgan fingerprint density at radius 1 is 1.08 bits per heavy atom. The molecule has 3 amide bonds. The number of imide groups is 1. The highest BCUT2D eigenvalue weighted by molar-refractivity contribution is 7.89. The Hall–Kier alpha value is -2.98. The molecule has 0 radical (unpaired) electrons. The first-order chi connectivity index (χ1) is 12.3. The SMILES string of the molecule is CC[C@@H]1NC(=O)NC1=O.NS(=O)(=O)c1ccc(Oc2ccncc2)cc1. The van der Waals surface area contributed by atoms with E-state index in [9.17, 15) is 18.0 Å². The Bertz CT molecular complexity index is 869. The van der Waals surface area contributed by atoms with E-state index in [0.717, 1.165) is 0 Å². The topological polar surface area (TPSA) is 140 Å². The lowest BCUT2D eigenvalue weighted by Crippen LogP contribution is -2.27. The van der Waals surface area contributed by atoms with Gasteiger partial charge in [0, 0.05) is 12.4 Å². The van der Waals surface area contributed by atoms with Gasteiger partial charge in [-0.25, -0.2) is 18.4 Å². The van der Waals surface area contributed by atoms with E-state index in [1.54, 1.807) is 36.7 Å². The van der Waals surface area contributed by atoms with E-state index in [-0.39, 0.29) is 22.9 Å². The summed E-state index contributed by atoms with van der Waals surface area (Å²) < 4.78 is 27.5. The van der Waals surface area contributed by atoms with Crippen molar-refractivity contribution in [2.24, 2.45) is 5.14 Å². The number of primary sulfonamides is 1. The molecule has 138 valence electrons. The van der Waals surface area contributed by atoms with Gasteiger partial charge in [0.1, 0.15) is 17.5 Å². The lowest BCUT2D eigenvalue weighted by Gasteiger charge is -2.05. The van der Waals surface area contributed by atoms with Crippen LogP contribution in [0.1, 0.15) is 13.3 Å². The second-order valence-electron chi connectivity index (χ2n) is 5.22. The molecule has 0 spiro atoms. The van der Waals surface area contributed by atoms with Crippen LogP contribution in [0.5, 0.6) is 11.5 Å². The fraction of sp³-hybridized carbons (Fsp3) is 0.188. The minimum absolute atomic E-state index is 0.0552. The van der Waals surface area contributed by atoms with Gasteiger partial charge >= 0.3 is 6.03 Å². The molecule has 4 N–H and O–H groups in total. The van der Waals surface area contributed by atoms with Gasteiger partial charge in [0.25, 0.3) is 5.91 Å². The number of ether oxygens (including phenoxy) is 1. The van der Waals surface area contributed by atoms with E-state index in [0.29, 0.717) is 17.9 Å². The molecular formula is C16H18N4O5S. The van der Waals surface area contributed by atoms with Gasteiger partial charge in [0.15, 0.2) is 0 Å². The number of nitrogens with zero attached hydrogens (tertiary/aromatic N) is 1. The summed E-state index contributed by atoms with van der Waals surface area (Å²) in [6, 6.07) is 8.59. The second kappa shape index (κ2) is 8.41. The molecule has 1 aromatic heterocycles. The van der Waals surface area contributed by atoms with E-state index in [4.69, 9.17) is 9.88 Å². The summed E-state index contributed by atoms with van der Waals surface area (Å²) in [6.07, 6.45) is 3.86. The number of carbonyl (C=O) groups is 2. The van der Waals surface area contributed by atoms with Gasteiger partial charge < -0.3 is 10.1 Å². The van der Waals surface area contributed by atoms with Crippen molar-refractivity contribution in [3.05, 3.63) is 48.8 Å². The number of nitrogens with one attached hydrogen (secondary N) is 2. The van der Waals surface area contributed by atoms with Crippen LogP contribution < -0.4 is 20.5 Å². The maximum absolute atomic E-state index is 11.0. The zero-order chi connectivity index (χ0) is 19.2. The highest BCUT2D eigenvalue weighted by atomic mass is 32.2. The molecule has 1 fully saturated rings. The van der Waals surface area contributed by atoms with Crippen molar-refractivity contribution in [1.82, 2.24) is 15.6 Å². The molecule has 1 aromatic carbocycles. The van der Waals surface area contributed by atoms with Crippen molar-refractivity contribution in [2.45, 2.75) is 24.3 Å². The average molecular weight is 378 g/mol. The Balaban J connectivity index is 0.000000228. The van der Waals surface area contributed by atoms with Crippen molar-refractivity contribution in [3.63, 3.8) is 0 Å². The van der Waals surface area contributed by atoms with Gasteiger partial charge in [0.05, 0.1) is 4.90 Å². The van der Waals surface area contributed by atoms with Crippen LogP contribution >= 0.6 is 0 Å². The highest BCUT2D eigenvalue weighted by Gasteiger charge is 2.26. The van der Waals surface area contributed by atoms with Gasteiger partial charge in [-0.15, -0.1) is 0 Å². The largest absolute Gasteiger partial charge is 0.457 e. The lowest BCUT2D eigenvalue weighted by atomic mass is 10.2. The number of urea groups is 1. The van der Waals surface area contributed by atoms with Crippen molar-refractivity contribution < 1.29 is 22.7 Å². The van der Waals surface area contributed by atoms with E-state index in [1.165, 1.54) is 12.1 Å². The molecule has 2 aromatic rings. The number of amides is 3. The third-order valence-corrected chi connectivity index (χ3v) is 4.23. The number of carbonyl (C=O) groups excluding carboxylic acids is 2. The van der Waals surface area contributed by atoms with E-state index in [1.807, 2.05) is 6.92 Å². The van der Waals surface area contributed by atoms with Crippen LogP contribution in [0.15, 0.2) is 53.7 Å². The van der Waals surface area contributed by atoms with Crippen LogP contribution in [0.2, 0.25) is 0 Å². The smallest absolute Gasteiger partial charge is 0.322 e. The molecule has 1 aliphatic rings. The monoisotopic (exact) mass is 378 g/mol. The fourth-order valence-electron chi connectivity index (χ4n) is 1.99. The zero-order valence-electron chi connectivity index (χ0n) is 13.9. The molecule has 2 heterocycles. The number of hydrogen-bond acceptors (Lipinski definition) is 6. The van der Waals surface area contributed by atoms with Crippen LogP contribution in [0, 0.1) is 0 Å². The van der Waals surface area contributed by atoms with Gasteiger partial charge in [0.2, 0.25) is 10.0 Å². The minimum atomic E-state index is -3.66. The van der Waals surface area contributed by atoms with Crippen molar-refractivity contribution in [2.75, 3.05) is 0 Å². The first-order valence-electron chi connectivity index (χ1n) is 7.61. The number of sulfonamides is 1. The number of rotatable bonds is 4. The molecule has 0 bridgehead atoms. The van der Waals surface area contributed by atoms with Crippen LogP contribution in [-0.2, 0) is 14.8 Å². The Kier molecular flexibility index (Phi) is 6.26. The molecular weight excluding hydrogens is 360 g/mol. The van der Waals surface area contributed by atoms with Gasteiger partial charge in [-0.05, 0) is 42.8 Å². The minimum Gasteiger partial charge on any atom is -0.457 e. The Morgan fingerprint density at radius 2 is 1.65 bits per heavy atom. The molecule has 3 rings (SSSR count). The van der Waals surface area contributed by atoms with Crippen LogP contribution in [0.3, 0.4) is 0 Å². The number of nitrogens with two attached hydrogens (primary N) is 1. The van der Waals surface area contributed by atoms with E-state index >= 15 is 0 Å². The molecule has 26 heavy (non-hydrogen) atoms. The van der Waals surface area contributed by atoms with Gasteiger partial charge in [-0.1, -0.05) is 6.92 Å². The third-order valence-electron chi connectivity index (χ3n) is 3.30. The number of hydrogen-bond donors (Lipinski definition) is 3. The highest BCUT2D eigenvalue weighted by Crippen LogP contribution is 2.21. The number of pyridine rings is 1. The summed E-state index contributed by atoms with van der Waals surface area (Å²) in [4.78, 5) is 24.9. The molecule has 0 unspecified atom stereocenters. The second-order valence-corrected chi connectivity index (χ2v) is 6.79. The van der Waals surface area contributed by atoms with Crippen molar-refractivity contribution in [3.8, 4) is 11.5 Å². The maximum atomic E-state index is 11.0. The summed E-state index contributed by atoms with van der Waals surface area (Å²) >= 11 is 0. The van der Waals surface area contributed by atoms with Crippen molar-refractivity contribution in [1.29, 1.82) is 0 Å². The van der Waals surface area contributed by atoms with E-state index in [2.05, 4.69) is 15.6 Å². The van der Waals surface area contributed by atoms with Crippen LogP contribution in [0.25, 0.3) is 0 Å². The zero-order valence-corrected chi connectivity index (χ0v) is 14.7. The predicted octanol–water partition coefficient (Wildman–Crippen LogP) is 1.13. The fourth-order valence-corrected chi connectivity index (χ4v) is 2.50. The Morgan fingerprint density at radius 3 is 2.08 bits per heavy atom. The number of aromatic nitrogens is 1. The van der Waals surface area contributed by atoms with Gasteiger partial charge in [-0.2, -0.15) is 0 Å². The summed E-state index contributed by atoms with van der Waals surface area (Å²) in [6.45, 7) is 1.84. The maximum Gasteiger partial charge on any atom is 0.322 e. The van der Waals surface area contributed by atoms with E-state index < -0.39 is 10.0 Å². The summed E-state index contributed by atoms with van der Waals surface area (Å²) in [5.74, 6) is 0.939. The first kappa shape index (κ1) is 19.3. The molecule has 0 saturated carbocycles. The predicted molar refractivity (Wildman–Crippen MR) is 92.9 cm³/mol. The Labute approximate surface area is 150 Å². The molecule has 1 saturated heterocycles. The number of benzene rings is 1. The molecule has 0 aliphatic carbocycles. The summed E-state index contributed by atoms with van der Waals surface area (Å²) in [5, 5.41) is 9.57. The lowest BCUT2D eigenvalue weighted by molar-refractivity contribution is -0.120. The van der Waals surface area contributed by atoms with Gasteiger partial charge in [-0.3, -0.25) is 15.1 Å². The molecule has 9 nitrogen and oxygen atoms in total. The average Bonchev–Trinajstić information content (AvgIpc) is 2.93. The first-order valence-corrected chi connectivity index (χ1v) is 9.16. The molecule has 10 heteroatoms. The van der Waals surface area contributed by atoms with Crippen molar-refractivity contribution >= 4 is 22.0 Å².